The van der Waals surface area contributed by atoms with Crippen molar-refractivity contribution in [3.63, 3.8) is 0 Å². The zero-order valence-corrected chi connectivity index (χ0v) is 14.2. The van der Waals surface area contributed by atoms with Crippen LogP contribution in [0.15, 0.2) is 42.9 Å². The van der Waals surface area contributed by atoms with Gasteiger partial charge in [0, 0.05) is 37.4 Å². The highest BCUT2D eigenvalue weighted by Crippen LogP contribution is 2.26. The van der Waals surface area contributed by atoms with Gasteiger partial charge in [-0.3, -0.25) is 0 Å². The van der Waals surface area contributed by atoms with Crippen LogP contribution in [0.25, 0.3) is 5.65 Å². The summed E-state index contributed by atoms with van der Waals surface area (Å²) in [6, 6.07) is 6.99. The topological polar surface area (TPSA) is 49.6 Å². The number of pyridine rings is 1. The van der Waals surface area contributed by atoms with Crippen molar-refractivity contribution in [2.75, 3.05) is 11.9 Å². The molecule has 3 aromatic rings. The number of carbonyl (C=O) groups excluding carboxylic acids is 1. The first-order valence-electron chi connectivity index (χ1n) is 7.55. The molecule has 24 heavy (non-hydrogen) atoms. The monoisotopic (exact) mass is 360 g/mol. The van der Waals surface area contributed by atoms with E-state index in [4.69, 9.17) is 23.2 Å². The average molecular weight is 361 g/mol. The summed E-state index contributed by atoms with van der Waals surface area (Å²) < 4.78 is 1.97. The molecule has 1 aliphatic rings. The van der Waals surface area contributed by atoms with Gasteiger partial charge in [0.05, 0.1) is 10.0 Å². The van der Waals surface area contributed by atoms with E-state index < -0.39 is 0 Å². The summed E-state index contributed by atoms with van der Waals surface area (Å²) in [5.41, 5.74) is 3.94. The number of rotatable bonds is 1. The van der Waals surface area contributed by atoms with E-state index in [1.807, 2.05) is 16.8 Å². The molecule has 0 saturated heterocycles. The van der Waals surface area contributed by atoms with Gasteiger partial charge in [-0.15, -0.1) is 0 Å². The van der Waals surface area contributed by atoms with Gasteiger partial charge in [-0.25, -0.2) is 9.78 Å². The van der Waals surface area contributed by atoms with Gasteiger partial charge < -0.3 is 14.6 Å². The smallest absolute Gasteiger partial charge is 0.320 e. The molecule has 2 amide bonds. The van der Waals surface area contributed by atoms with Crippen LogP contribution in [0.1, 0.15) is 11.1 Å². The first-order chi connectivity index (χ1) is 11.6. The molecule has 2 aromatic heterocycles. The van der Waals surface area contributed by atoms with Gasteiger partial charge in [0.25, 0.3) is 0 Å². The van der Waals surface area contributed by atoms with Crippen molar-refractivity contribution in [3.05, 3.63) is 64.0 Å². The number of imidazole rings is 1. The number of halogens is 2. The lowest BCUT2D eigenvalue weighted by Crippen LogP contribution is -2.39. The quantitative estimate of drug-likeness (QED) is 0.705. The second-order valence-corrected chi connectivity index (χ2v) is 6.56. The molecule has 7 heteroatoms. The van der Waals surface area contributed by atoms with Crippen LogP contribution in [0.3, 0.4) is 0 Å². The molecule has 0 fully saturated rings. The fraction of sp³-hybridized carbons (Fsp3) is 0.176. The van der Waals surface area contributed by atoms with E-state index in [0.29, 0.717) is 28.8 Å². The van der Waals surface area contributed by atoms with Crippen molar-refractivity contribution >= 4 is 40.6 Å². The minimum absolute atomic E-state index is 0.148. The number of fused-ring (bicyclic) bond motifs is 2. The molecule has 3 heterocycles. The predicted molar refractivity (Wildman–Crippen MR) is 94.8 cm³/mol. The molecule has 0 spiro atoms. The molecule has 1 N–H and O–H groups in total. The van der Waals surface area contributed by atoms with E-state index in [0.717, 1.165) is 17.6 Å². The van der Waals surface area contributed by atoms with Crippen molar-refractivity contribution in [3.8, 4) is 0 Å². The van der Waals surface area contributed by atoms with E-state index in [1.165, 1.54) is 5.56 Å². The lowest BCUT2D eigenvalue weighted by Gasteiger charge is -2.29. The molecule has 0 bridgehead atoms. The summed E-state index contributed by atoms with van der Waals surface area (Å²) in [6.07, 6.45) is 6.53. The Morgan fingerprint density at radius 1 is 1.17 bits per heavy atom. The third-order valence-electron chi connectivity index (χ3n) is 4.18. The Bertz CT molecular complexity index is 937. The van der Waals surface area contributed by atoms with E-state index in [1.54, 1.807) is 29.3 Å². The molecule has 0 aliphatic carbocycles. The molecule has 0 saturated carbocycles. The summed E-state index contributed by atoms with van der Waals surface area (Å²) in [4.78, 5) is 18.6. The number of benzene rings is 1. The van der Waals surface area contributed by atoms with Crippen molar-refractivity contribution in [2.24, 2.45) is 0 Å². The van der Waals surface area contributed by atoms with Crippen LogP contribution >= 0.6 is 23.2 Å². The van der Waals surface area contributed by atoms with E-state index in [-0.39, 0.29) is 6.03 Å². The van der Waals surface area contributed by atoms with Crippen LogP contribution in [-0.4, -0.2) is 26.9 Å². The molecule has 0 atom stereocenters. The number of nitrogens with one attached hydrogen (secondary N) is 1. The van der Waals surface area contributed by atoms with Crippen LogP contribution < -0.4 is 5.32 Å². The Labute approximate surface area is 148 Å². The summed E-state index contributed by atoms with van der Waals surface area (Å²) in [5.74, 6) is 0. The molecule has 4 rings (SSSR count). The maximum absolute atomic E-state index is 12.5. The second kappa shape index (κ2) is 6.00. The Kier molecular flexibility index (Phi) is 3.82. The highest BCUT2D eigenvalue weighted by atomic mass is 35.5. The summed E-state index contributed by atoms with van der Waals surface area (Å²) in [7, 11) is 0. The first-order valence-corrected chi connectivity index (χ1v) is 8.31. The molecule has 5 nitrogen and oxygen atoms in total. The first kappa shape index (κ1) is 15.3. The largest absolute Gasteiger partial charge is 0.322 e. The minimum Gasteiger partial charge on any atom is -0.320 e. The Hall–Kier alpha value is -2.24. The van der Waals surface area contributed by atoms with Gasteiger partial charge >= 0.3 is 6.03 Å². The third-order valence-corrected chi connectivity index (χ3v) is 4.92. The van der Waals surface area contributed by atoms with Crippen LogP contribution in [0.5, 0.6) is 0 Å². The molecule has 122 valence electrons. The van der Waals surface area contributed by atoms with Crippen molar-refractivity contribution in [1.29, 1.82) is 0 Å². The van der Waals surface area contributed by atoms with Gasteiger partial charge in [-0.2, -0.15) is 0 Å². The lowest BCUT2D eigenvalue weighted by molar-refractivity contribution is 0.206. The van der Waals surface area contributed by atoms with Crippen molar-refractivity contribution in [1.82, 2.24) is 14.3 Å². The van der Waals surface area contributed by atoms with Crippen LogP contribution in [0.4, 0.5) is 10.5 Å². The summed E-state index contributed by atoms with van der Waals surface area (Å²) in [5, 5.41) is 3.75. The van der Waals surface area contributed by atoms with Crippen molar-refractivity contribution in [2.45, 2.75) is 13.0 Å². The number of amides is 2. The standard InChI is InChI=1S/C17H14Cl2N4O/c18-14-2-1-13(8-15(14)19)21-17(24)23-5-3-11-7-16-20-4-6-22(16)9-12(11)10-23/h1-2,4,6-9H,3,5,10H2,(H,21,24). The predicted octanol–water partition coefficient (Wildman–Crippen LogP) is 4.23. The SMILES string of the molecule is O=C(Nc1ccc(Cl)c(Cl)c1)N1CCc2cc3nccn3cc2C1. The highest BCUT2D eigenvalue weighted by molar-refractivity contribution is 6.42. The number of carbonyl (C=O) groups is 1. The molecular formula is C17H14Cl2N4O. The zero-order valence-electron chi connectivity index (χ0n) is 12.7. The van der Waals surface area contributed by atoms with E-state index >= 15 is 0 Å². The number of hydrogen-bond acceptors (Lipinski definition) is 2. The Morgan fingerprint density at radius 3 is 2.88 bits per heavy atom. The van der Waals surface area contributed by atoms with Crippen LogP contribution in [0, 0.1) is 0 Å². The fourth-order valence-electron chi connectivity index (χ4n) is 2.91. The number of nitrogens with zero attached hydrogens (tertiary/aromatic N) is 3. The van der Waals surface area contributed by atoms with E-state index in [9.17, 15) is 4.79 Å². The van der Waals surface area contributed by atoms with Gasteiger partial charge in [0.15, 0.2) is 0 Å². The Morgan fingerprint density at radius 2 is 2.04 bits per heavy atom. The Balaban J connectivity index is 1.52. The van der Waals surface area contributed by atoms with Crippen LogP contribution in [0.2, 0.25) is 10.0 Å². The maximum Gasteiger partial charge on any atom is 0.322 e. The van der Waals surface area contributed by atoms with E-state index in [2.05, 4.69) is 16.4 Å². The fourth-order valence-corrected chi connectivity index (χ4v) is 3.21. The lowest BCUT2D eigenvalue weighted by atomic mass is 10.0. The maximum atomic E-state index is 12.5. The summed E-state index contributed by atoms with van der Waals surface area (Å²) >= 11 is 11.9. The number of anilines is 1. The molecule has 1 aliphatic heterocycles. The molecule has 0 unspecified atom stereocenters. The molecule has 0 radical (unpaired) electrons. The average Bonchev–Trinajstić information content (AvgIpc) is 3.02. The normalized spacial score (nSPS) is 13.8. The summed E-state index contributed by atoms with van der Waals surface area (Å²) in [6.45, 7) is 1.23. The minimum atomic E-state index is -0.148. The zero-order chi connectivity index (χ0) is 16.7. The van der Waals surface area contributed by atoms with Gasteiger partial charge in [-0.05, 0) is 41.8 Å². The van der Waals surface area contributed by atoms with Crippen LogP contribution in [-0.2, 0) is 13.0 Å². The van der Waals surface area contributed by atoms with Crippen molar-refractivity contribution < 1.29 is 4.79 Å². The number of aromatic nitrogens is 2. The third kappa shape index (κ3) is 2.81. The number of hydrogen-bond donors (Lipinski definition) is 1. The second-order valence-electron chi connectivity index (χ2n) is 5.75. The molecule has 1 aromatic carbocycles. The molecular weight excluding hydrogens is 347 g/mol. The highest BCUT2D eigenvalue weighted by Gasteiger charge is 2.21. The number of urea groups is 1. The van der Waals surface area contributed by atoms with Gasteiger partial charge in [0.2, 0.25) is 0 Å². The van der Waals surface area contributed by atoms with Gasteiger partial charge in [0.1, 0.15) is 5.65 Å². The van der Waals surface area contributed by atoms with Gasteiger partial charge in [-0.1, -0.05) is 23.2 Å².